The Morgan fingerprint density at radius 1 is 1.10 bits per heavy atom. The number of hydrogen-bond acceptors (Lipinski definition) is 2. The Bertz CT molecular complexity index is 614. The summed E-state index contributed by atoms with van der Waals surface area (Å²) in [7, 11) is 0. The summed E-state index contributed by atoms with van der Waals surface area (Å²) >= 11 is 0. The van der Waals surface area contributed by atoms with Crippen molar-refractivity contribution in [1.82, 2.24) is 0 Å². The van der Waals surface area contributed by atoms with Crippen molar-refractivity contribution in [3.63, 3.8) is 0 Å². The molecule has 0 amide bonds. The fourth-order valence-electron chi connectivity index (χ4n) is 1.77. The van der Waals surface area contributed by atoms with Crippen LogP contribution in [0.2, 0.25) is 0 Å². The Morgan fingerprint density at radius 2 is 1.90 bits per heavy atom. The maximum atomic E-state index is 13.6. The van der Waals surface area contributed by atoms with E-state index in [1.54, 1.807) is 12.1 Å². The van der Waals surface area contributed by atoms with Crippen LogP contribution >= 0.6 is 0 Å². The second-order valence-corrected chi connectivity index (χ2v) is 4.24. The van der Waals surface area contributed by atoms with Crippen molar-refractivity contribution in [3.8, 4) is 17.6 Å². The number of nitrogens with two attached hydrogens (primary N) is 1. The Labute approximate surface area is 118 Å². The first-order valence-corrected chi connectivity index (χ1v) is 6.45. The lowest BCUT2D eigenvalue weighted by molar-refractivity contribution is 0.305. The van der Waals surface area contributed by atoms with Gasteiger partial charge in [-0.1, -0.05) is 42.2 Å². The van der Waals surface area contributed by atoms with Crippen LogP contribution in [0.3, 0.4) is 0 Å². The average Bonchev–Trinajstić information content (AvgIpc) is 2.49. The summed E-state index contributed by atoms with van der Waals surface area (Å²) in [6.45, 7) is 0.705. The molecule has 0 saturated carbocycles. The SMILES string of the molecule is NCC#Cc1ccc(F)c(OCCc2ccccc2)c1. The van der Waals surface area contributed by atoms with Gasteiger partial charge in [0.1, 0.15) is 0 Å². The minimum absolute atomic E-state index is 0.227. The molecule has 102 valence electrons. The number of hydrogen-bond donors (Lipinski definition) is 1. The second-order valence-electron chi connectivity index (χ2n) is 4.24. The molecule has 0 heterocycles. The summed E-state index contributed by atoms with van der Waals surface area (Å²) in [6, 6.07) is 14.5. The summed E-state index contributed by atoms with van der Waals surface area (Å²) in [5.41, 5.74) is 7.17. The summed E-state index contributed by atoms with van der Waals surface area (Å²) in [5, 5.41) is 0. The van der Waals surface area contributed by atoms with E-state index in [2.05, 4.69) is 11.8 Å². The number of ether oxygens (including phenoxy) is 1. The van der Waals surface area contributed by atoms with Gasteiger partial charge in [0.15, 0.2) is 11.6 Å². The Balaban J connectivity index is 1.98. The van der Waals surface area contributed by atoms with Crippen molar-refractivity contribution < 1.29 is 9.13 Å². The third-order valence-corrected chi connectivity index (χ3v) is 2.76. The van der Waals surface area contributed by atoms with Crippen LogP contribution in [0, 0.1) is 17.7 Å². The first-order valence-electron chi connectivity index (χ1n) is 6.45. The molecule has 0 fully saturated rings. The Morgan fingerprint density at radius 3 is 2.65 bits per heavy atom. The van der Waals surface area contributed by atoms with Crippen LogP contribution in [-0.4, -0.2) is 13.2 Å². The Hall–Kier alpha value is -2.31. The van der Waals surface area contributed by atoms with E-state index in [0.29, 0.717) is 12.2 Å². The van der Waals surface area contributed by atoms with Crippen molar-refractivity contribution in [3.05, 3.63) is 65.5 Å². The summed E-state index contributed by atoms with van der Waals surface area (Å²) < 4.78 is 19.1. The van der Waals surface area contributed by atoms with Crippen molar-refractivity contribution in [2.24, 2.45) is 5.73 Å². The standard InChI is InChI=1S/C17H16FNO/c18-16-9-8-15(7-4-11-19)13-17(16)20-12-10-14-5-2-1-3-6-14/h1-3,5-6,8-9,13H,10-12,19H2. The molecule has 0 aliphatic carbocycles. The highest BCUT2D eigenvalue weighted by Crippen LogP contribution is 2.18. The molecule has 2 aromatic carbocycles. The molecule has 0 aliphatic rings. The minimum atomic E-state index is -0.378. The maximum absolute atomic E-state index is 13.6. The smallest absolute Gasteiger partial charge is 0.165 e. The highest BCUT2D eigenvalue weighted by Gasteiger charge is 2.04. The molecule has 2 nitrogen and oxygen atoms in total. The predicted molar refractivity (Wildman–Crippen MR) is 78.0 cm³/mol. The van der Waals surface area contributed by atoms with Crippen LogP contribution in [0.5, 0.6) is 5.75 Å². The van der Waals surface area contributed by atoms with Crippen molar-refractivity contribution in [2.75, 3.05) is 13.2 Å². The lowest BCUT2D eigenvalue weighted by Gasteiger charge is -2.07. The summed E-state index contributed by atoms with van der Waals surface area (Å²) in [6.07, 6.45) is 0.735. The molecule has 0 saturated heterocycles. The fourth-order valence-corrected chi connectivity index (χ4v) is 1.77. The van der Waals surface area contributed by atoms with Crippen LogP contribution in [-0.2, 0) is 6.42 Å². The van der Waals surface area contributed by atoms with Crippen LogP contribution in [0.4, 0.5) is 4.39 Å². The molecule has 0 atom stereocenters. The zero-order valence-corrected chi connectivity index (χ0v) is 11.1. The van der Waals surface area contributed by atoms with E-state index in [-0.39, 0.29) is 18.1 Å². The zero-order chi connectivity index (χ0) is 14.2. The number of benzene rings is 2. The molecule has 0 spiro atoms. The molecule has 0 unspecified atom stereocenters. The molecule has 0 aliphatic heterocycles. The van der Waals surface area contributed by atoms with Gasteiger partial charge >= 0.3 is 0 Å². The quantitative estimate of drug-likeness (QED) is 0.866. The van der Waals surface area contributed by atoms with Gasteiger partial charge in [-0.05, 0) is 23.8 Å². The summed E-state index contributed by atoms with van der Waals surface area (Å²) in [4.78, 5) is 0. The van der Waals surface area contributed by atoms with Gasteiger partial charge in [0.25, 0.3) is 0 Å². The molecular weight excluding hydrogens is 253 g/mol. The van der Waals surface area contributed by atoms with E-state index in [1.165, 1.54) is 6.07 Å². The lowest BCUT2D eigenvalue weighted by atomic mass is 10.2. The first kappa shape index (κ1) is 14.1. The van der Waals surface area contributed by atoms with Crippen molar-refractivity contribution in [2.45, 2.75) is 6.42 Å². The molecule has 2 N–H and O–H groups in total. The van der Waals surface area contributed by atoms with Crippen LogP contribution in [0.25, 0.3) is 0 Å². The minimum Gasteiger partial charge on any atom is -0.490 e. The third-order valence-electron chi connectivity index (χ3n) is 2.76. The predicted octanol–water partition coefficient (Wildman–Crippen LogP) is 2.76. The number of rotatable bonds is 4. The number of halogens is 1. The van der Waals surface area contributed by atoms with Gasteiger partial charge in [0, 0.05) is 12.0 Å². The Kier molecular flexibility index (Phi) is 5.16. The van der Waals surface area contributed by atoms with Crippen LogP contribution in [0.15, 0.2) is 48.5 Å². The molecule has 2 rings (SSSR count). The topological polar surface area (TPSA) is 35.2 Å². The fraction of sp³-hybridized carbons (Fsp3) is 0.176. The van der Waals surface area contributed by atoms with Crippen LogP contribution in [0.1, 0.15) is 11.1 Å². The third kappa shape index (κ3) is 4.11. The van der Waals surface area contributed by atoms with Gasteiger partial charge in [-0.25, -0.2) is 4.39 Å². The average molecular weight is 269 g/mol. The van der Waals surface area contributed by atoms with E-state index < -0.39 is 0 Å². The largest absolute Gasteiger partial charge is 0.490 e. The second kappa shape index (κ2) is 7.32. The maximum Gasteiger partial charge on any atom is 0.165 e. The van der Waals surface area contributed by atoms with E-state index in [9.17, 15) is 4.39 Å². The molecule has 2 aromatic rings. The first-order chi connectivity index (χ1) is 9.79. The van der Waals surface area contributed by atoms with E-state index in [4.69, 9.17) is 10.5 Å². The van der Waals surface area contributed by atoms with E-state index >= 15 is 0 Å². The molecule has 20 heavy (non-hydrogen) atoms. The lowest BCUT2D eigenvalue weighted by Crippen LogP contribution is -2.03. The van der Waals surface area contributed by atoms with Gasteiger partial charge in [-0.3, -0.25) is 0 Å². The van der Waals surface area contributed by atoms with E-state index in [1.807, 2.05) is 30.3 Å². The van der Waals surface area contributed by atoms with Gasteiger partial charge in [-0.2, -0.15) is 0 Å². The van der Waals surface area contributed by atoms with E-state index in [0.717, 1.165) is 12.0 Å². The molecule has 3 heteroatoms. The van der Waals surface area contributed by atoms with Crippen molar-refractivity contribution >= 4 is 0 Å². The zero-order valence-electron chi connectivity index (χ0n) is 11.1. The van der Waals surface area contributed by atoms with Gasteiger partial charge < -0.3 is 10.5 Å². The van der Waals surface area contributed by atoms with Gasteiger partial charge in [-0.15, -0.1) is 0 Å². The molecule has 0 aromatic heterocycles. The normalized spacial score (nSPS) is 9.70. The van der Waals surface area contributed by atoms with Gasteiger partial charge in [0.2, 0.25) is 0 Å². The molecule has 0 bridgehead atoms. The molecule has 0 radical (unpaired) electrons. The highest BCUT2D eigenvalue weighted by atomic mass is 19.1. The highest BCUT2D eigenvalue weighted by molar-refractivity contribution is 5.40. The van der Waals surface area contributed by atoms with Crippen LogP contribution < -0.4 is 10.5 Å². The van der Waals surface area contributed by atoms with Crippen molar-refractivity contribution in [1.29, 1.82) is 0 Å². The van der Waals surface area contributed by atoms with Gasteiger partial charge in [0.05, 0.1) is 13.2 Å². The summed E-state index contributed by atoms with van der Waals surface area (Å²) in [5.74, 6) is 5.44. The molecular formula is C17H16FNO. The monoisotopic (exact) mass is 269 g/mol.